The summed E-state index contributed by atoms with van der Waals surface area (Å²) in [5.74, 6) is 0.231. The van der Waals surface area contributed by atoms with Gasteiger partial charge < -0.3 is 5.32 Å². The molecule has 0 saturated heterocycles. The summed E-state index contributed by atoms with van der Waals surface area (Å²) in [5.41, 5.74) is 2.26. The van der Waals surface area contributed by atoms with Crippen LogP contribution in [0.2, 0.25) is 0 Å². The van der Waals surface area contributed by atoms with E-state index in [1.807, 2.05) is 24.3 Å². The molecule has 0 fully saturated rings. The molecule has 5 rings (SSSR count). The maximum Gasteiger partial charge on any atom is 0.262 e. The molecule has 0 atom stereocenters. The van der Waals surface area contributed by atoms with Crippen LogP contribution in [0.25, 0.3) is 10.2 Å². The molecule has 0 radical (unpaired) electrons. The Morgan fingerprint density at radius 2 is 1.97 bits per heavy atom. The Bertz CT molecular complexity index is 1410. The Labute approximate surface area is 196 Å². The van der Waals surface area contributed by atoms with E-state index < -0.39 is 10.0 Å². The molecule has 0 saturated carbocycles. The van der Waals surface area contributed by atoms with Crippen LogP contribution in [0.3, 0.4) is 0 Å². The molecule has 0 aliphatic carbocycles. The van der Waals surface area contributed by atoms with Gasteiger partial charge in [-0.05, 0) is 43.4 Å². The van der Waals surface area contributed by atoms with Crippen LogP contribution in [0.4, 0.5) is 5.69 Å². The highest BCUT2D eigenvalue weighted by molar-refractivity contribution is 7.92. The Morgan fingerprint density at radius 3 is 2.82 bits per heavy atom. The molecule has 2 aromatic heterocycles. The fourth-order valence-electron chi connectivity index (χ4n) is 4.71. The molecule has 33 heavy (non-hydrogen) atoms. The number of aryl methyl sites for hydroxylation is 2. The summed E-state index contributed by atoms with van der Waals surface area (Å²) in [7, 11) is -3.55. The van der Waals surface area contributed by atoms with Gasteiger partial charge in [-0.15, -0.1) is 11.3 Å². The molecule has 0 unspecified atom stereocenters. The summed E-state index contributed by atoms with van der Waals surface area (Å²) in [6, 6.07) is 7.48. The molecule has 1 aromatic carbocycles. The van der Waals surface area contributed by atoms with E-state index in [2.05, 4.69) is 5.32 Å². The zero-order chi connectivity index (χ0) is 23.2. The number of hydrogen-bond acceptors (Lipinski definition) is 6. The van der Waals surface area contributed by atoms with Crippen LogP contribution in [0, 0.1) is 6.92 Å². The number of benzene rings is 1. The number of rotatable bonds is 5. The van der Waals surface area contributed by atoms with Crippen LogP contribution in [-0.2, 0) is 29.4 Å². The van der Waals surface area contributed by atoms with E-state index in [9.17, 15) is 18.0 Å². The maximum atomic E-state index is 13.1. The Balaban J connectivity index is 1.32. The molecule has 2 aliphatic heterocycles. The highest BCUT2D eigenvalue weighted by Gasteiger charge is 2.29. The predicted molar refractivity (Wildman–Crippen MR) is 130 cm³/mol. The van der Waals surface area contributed by atoms with Crippen molar-refractivity contribution in [1.29, 1.82) is 0 Å². The molecule has 0 bridgehead atoms. The lowest BCUT2D eigenvalue weighted by atomic mass is 10.2. The van der Waals surface area contributed by atoms with Gasteiger partial charge in [0.1, 0.15) is 10.7 Å². The average molecular weight is 487 g/mol. The Kier molecular flexibility index (Phi) is 5.74. The van der Waals surface area contributed by atoms with Gasteiger partial charge in [-0.1, -0.05) is 24.6 Å². The van der Waals surface area contributed by atoms with Gasteiger partial charge in [-0.2, -0.15) is 0 Å². The molecule has 4 heterocycles. The first-order valence-electron chi connectivity index (χ1n) is 11.3. The number of sulfonamides is 1. The van der Waals surface area contributed by atoms with Crippen molar-refractivity contribution in [3.63, 3.8) is 0 Å². The highest BCUT2D eigenvalue weighted by atomic mass is 32.2. The van der Waals surface area contributed by atoms with Gasteiger partial charge in [0, 0.05) is 26.1 Å². The van der Waals surface area contributed by atoms with Gasteiger partial charge >= 0.3 is 0 Å². The summed E-state index contributed by atoms with van der Waals surface area (Å²) in [4.78, 5) is 31.7. The van der Waals surface area contributed by atoms with E-state index in [0.29, 0.717) is 40.2 Å². The maximum absolute atomic E-state index is 13.1. The summed E-state index contributed by atoms with van der Waals surface area (Å²) in [5, 5.41) is 3.23. The number of nitrogens with zero attached hydrogens (tertiary/aromatic N) is 3. The summed E-state index contributed by atoms with van der Waals surface area (Å²) in [6.45, 7) is 2.84. The van der Waals surface area contributed by atoms with Crippen LogP contribution in [0.1, 0.15) is 45.9 Å². The molecule has 174 valence electrons. The van der Waals surface area contributed by atoms with E-state index >= 15 is 0 Å². The standard InChI is InChI=1S/C23H26N4O4S2/c1-15-19-22(25-18-9-3-2-6-12-26(18)23(19)29)32-20(15)21(28)24-11-14-33(30,31)27-13-10-16-7-4-5-8-17(16)27/h4-5,7-8H,2-3,6,9-14H2,1H3,(H,24,28). The number of fused-ring (bicyclic) bond motifs is 3. The van der Waals surface area contributed by atoms with Crippen LogP contribution in [0.15, 0.2) is 29.1 Å². The number of amides is 1. The average Bonchev–Trinajstić information content (AvgIpc) is 3.28. The lowest BCUT2D eigenvalue weighted by molar-refractivity contribution is 0.0959. The zero-order valence-electron chi connectivity index (χ0n) is 18.5. The number of carbonyl (C=O) groups excluding carboxylic acids is 1. The third-order valence-electron chi connectivity index (χ3n) is 6.44. The smallest absolute Gasteiger partial charge is 0.262 e. The van der Waals surface area contributed by atoms with Crippen molar-refractivity contribution in [2.24, 2.45) is 0 Å². The van der Waals surface area contributed by atoms with Gasteiger partial charge in [-0.3, -0.25) is 18.5 Å². The summed E-state index contributed by atoms with van der Waals surface area (Å²) >= 11 is 1.20. The first-order valence-corrected chi connectivity index (χ1v) is 13.7. The Hall–Kier alpha value is -2.72. The van der Waals surface area contributed by atoms with Gasteiger partial charge in [-0.25, -0.2) is 13.4 Å². The lowest BCUT2D eigenvalue weighted by Gasteiger charge is -2.19. The number of anilines is 1. The third kappa shape index (κ3) is 3.95. The predicted octanol–water partition coefficient (Wildman–Crippen LogP) is 2.62. The normalized spacial score (nSPS) is 15.8. The van der Waals surface area contributed by atoms with Crippen LogP contribution in [0.5, 0.6) is 0 Å². The number of aromatic nitrogens is 2. The van der Waals surface area contributed by atoms with Crippen LogP contribution >= 0.6 is 11.3 Å². The minimum absolute atomic E-state index is 0.00354. The van der Waals surface area contributed by atoms with Crippen molar-refractivity contribution < 1.29 is 13.2 Å². The molecule has 1 amide bonds. The van der Waals surface area contributed by atoms with E-state index in [1.54, 1.807) is 11.5 Å². The molecular formula is C23H26N4O4S2. The molecule has 2 aliphatic rings. The van der Waals surface area contributed by atoms with Crippen molar-refractivity contribution in [2.75, 3.05) is 23.1 Å². The highest BCUT2D eigenvalue weighted by Crippen LogP contribution is 2.30. The minimum atomic E-state index is -3.55. The van der Waals surface area contributed by atoms with Gasteiger partial charge in [0.2, 0.25) is 10.0 Å². The monoisotopic (exact) mass is 486 g/mol. The van der Waals surface area contributed by atoms with Crippen molar-refractivity contribution in [3.8, 4) is 0 Å². The molecular weight excluding hydrogens is 460 g/mol. The number of carbonyl (C=O) groups is 1. The van der Waals surface area contributed by atoms with E-state index in [1.165, 1.54) is 15.6 Å². The van der Waals surface area contributed by atoms with E-state index in [0.717, 1.165) is 42.8 Å². The van der Waals surface area contributed by atoms with Crippen molar-refractivity contribution in [1.82, 2.24) is 14.9 Å². The third-order valence-corrected chi connectivity index (χ3v) is 9.40. The van der Waals surface area contributed by atoms with Gasteiger partial charge in [0.25, 0.3) is 11.5 Å². The largest absolute Gasteiger partial charge is 0.350 e. The number of thiophene rings is 1. The molecule has 0 spiro atoms. The van der Waals surface area contributed by atoms with Gasteiger partial charge in [0.05, 0.1) is 21.7 Å². The minimum Gasteiger partial charge on any atom is -0.350 e. The SMILES string of the molecule is Cc1c(C(=O)NCCS(=O)(=O)N2CCc3ccccc32)sc2nc3n(c(=O)c12)CCCCC3. The van der Waals surface area contributed by atoms with Crippen molar-refractivity contribution in [3.05, 3.63) is 56.4 Å². The van der Waals surface area contributed by atoms with E-state index in [-0.39, 0.29) is 23.8 Å². The second kappa shape index (κ2) is 8.57. The van der Waals surface area contributed by atoms with Gasteiger partial charge in [0.15, 0.2) is 0 Å². The van der Waals surface area contributed by atoms with Crippen molar-refractivity contribution in [2.45, 2.75) is 45.6 Å². The number of hydrogen-bond donors (Lipinski definition) is 1. The van der Waals surface area contributed by atoms with Crippen LogP contribution in [-0.4, -0.2) is 42.7 Å². The first kappa shape index (κ1) is 22.1. The fourth-order valence-corrected chi connectivity index (χ4v) is 7.24. The van der Waals surface area contributed by atoms with Crippen molar-refractivity contribution >= 4 is 43.2 Å². The molecule has 1 N–H and O–H groups in total. The Morgan fingerprint density at radius 1 is 1.15 bits per heavy atom. The second-order valence-electron chi connectivity index (χ2n) is 8.55. The molecule has 8 nitrogen and oxygen atoms in total. The molecule has 3 aromatic rings. The first-order chi connectivity index (χ1) is 15.9. The zero-order valence-corrected chi connectivity index (χ0v) is 20.1. The number of nitrogens with one attached hydrogen (secondary N) is 1. The number of para-hydroxylation sites is 1. The summed E-state index contributed by atoms with van der Waals surface area (Å²) < 4.78 is 28.9. The second-order valence-corrected chi connectivity index (χ2v) is 11.6. The quantitative estimate of drug-likeness (QED) is 0.597. The fraction of sp³-hybridized carbons (Fsp3) is 0.435. The van der Waals surface area contributed by atoms with Crippen LogP contribution < -0.4 is 15.2 Å². The topological polar surface area (TPSA) is 101 Å². The molecule has 10 heteroatoms. The van der Waals surface area contributed by atoms with E-state index in [4.69, 9.17) is 4.98 Å². The lowest BCUT2D eigenvalue weighted by Crippen LogP contribution is -2.36. The summed E-state index contributed by atoms with van der Waals surface area (Å²) in [6.07, 6.45) is 4.49.